The molecule has 5 rings (SSSR count). The lowest BCUT2D eigenvalue weighted by Crippen LogP contribution is -2.48. The summed E-state index contributed by atoms with van der Waals surface area (Å²) in [5, 5.41) is 22.2. The molecule has 3 aromatic rings. The smallest absolute Gasteiger partial charge is 0.323 e. The summed E-state index contributed by atoms with van der Waals surface area (Å²) in [6.45, 7) is 7.60. The van der Waals surface area contributed by atoms with Gasteiger partial charge < -0.3 is 49.6 Å². The Morgan fingerprint density at radius 1 is 1.07 bits per heavy atom. The Morgan fingerprint density at radius 3 is 2.44 bits per heavy atom. The van der Waals surface area contributed by atoms with Crippen LogP contribution in [-0.4, -0.2) is 83.7 Å². The van der Waals surface area contributed by atoms with Crippen molar-refractivity contribution in [2.24, 2.45) is 5.92 Å². The number of nitrogens with zero attached hydrogens (tertiary/aromatic N) is 3. The molecule has 14 heteroatoms. The van der Waals surface area contributed by atoms with E-state index in [9.17, 15) is 19.5 Å². The van der Waals surface area contributed by atoms with Crippen LogP contribution in [0.4, 0.5) is 26.7 Å². The third-order valence-electron chi connectivity index (χ3n) is 7.87. The predicted octanol–water partition coefficient (Wildman–Crippen LogP) is 3.98. The summed E-state index contributed by atoms with van der Waals surface area (Å²) in [6, 6.07) is 8.87. The highest BCUT2D eigenvalue weighted by atomic mass is 16.7. The van der Waals surface area contributed by atoms with Gasteiger partial charge in [-0.15, -0.1) is 0 Å². The zero-order valence-corrected chi connectivity index (χ0v) is 25.9. The molecule has 240 valence electrons. The van der Waals surface area contributed by atoms with Crippen molar-refractivity contribution in [1.82, 2.24) is 15.0 Å². The van der Waals surface area contributed by atoms with E-state index in [0.29, 0.717) is 57.9 Å². The average molecular weight is 623 g/mol. The number of amides is 5. The highest BCUT2D eigenvalue weighted by molar-refractivity contribution is 6.00. The Balaban J connectivity index is 1.35. The zero-order valence-electron chi connectivity index (χ0n) is 25.9. The van der Waals surface area contributed by atoms with Crippen LogP contribution in [0, 0.1) is 19.8 Å². The number of likely N-dealkylation sites (N-methyl/N-ethyl adjacent to an activating group) is 1. The van der Waals surface area contributed by atoms with Crippen LogP contribution in [0.1, 0.15) is 30.9 Å². The number of carbonyl (C=O) groups is 3. The number of aryl methyl sites for hydroxylation is 2. The van der Waals surface area contributed by atoms with E-state index >= 15 is 0 Å². The largest absolute Gasteiger partial charge is 0.488 e. The van der Waals surface area contributed by atoms with Crippen molar-refractivity contribution < 1.29 is 38.2 Å². The minimum absolute atomic E-state index is 0.0131. The molecule has 0 aliphatic carbocycles. The number of benzene rings is 2. The van der Waals surface area contributed by atoms with Gasteiger partial charge in [0.2, 0.25) is 12.7 Å². The van der Waals surface area contributed by atoms with Crippen molar-refractivity contribution in [2.75, 3.05) is 49.5 Å². The van der Waals surface area contributed by atoms with E-state index in [1.807, 2.05) is 6.92 Å². The minimum atomic E-state index is -0.517. The number of hydrogen-bond donors (Lipinski definition) is 4. The number of anilines is 3. The average Bonchev–Trinajstić information content (AvgIpc) is 3.61. The standard InChI is InChI=1S/C31H38N6O8/c1-17-13-37(18(2)15-38)28(39)11-21-10-22(32-30(40)33-23-7-9-25-26(12-23)43-16-42-25)6-8-24(21)44-27(17)14-36(5)31(41)34-29-19(3)35-45-20(29)4/h6-10,12,17-18,27,38H,11,13-16H2,1-5H3,(H,34,41)(H2,32,33,40)/t17-,18+,27+/m1/s1. The second-order valence-corrected chi connectivity index (χ2v) is 11.4. The van der Waals surface area contributed by atoms with Crippen LogP contribution in [0.3, 0.4) is 0 Å². The maximum Gasteiger partial charge on any atom is 0.323 e. The van der Waals surface area contributed by atoms with E-state index in [-0.39, 0.29) is 44.2 Å². The Morgan fingerprint density at radius 2 is 1.76 bits per heavy atom. The van der Waals surface area contributed by atoms with Crippen molar-refractivity contribution in [1.29, 1.82) is 0 Å². The van der Waals surface area contributed by atoms with Crippen molar-refractivity contribution >= 4 is 35.0 Å². The van der Waals surface area contributed by atoms with Crippen LogP contribution >= 0.6 is 0 Å². The molecule has 0 saturated carbocycles. The number of fused-ring (bicyclic) bond motifs is 2. The van der Waals surface area contributed by atoms with Gasteiger partial charge in [-0.05, 0) is 51.1 Å². The van der Waals surface area contributed by atoms with Crippen LogP contribution < -0.4 is 30.2 Å². The van der Waals surface area contributed by atoms with Crippen molar-refractivity contribution in [3.8, 4) is 17.2 Å². The SMILES string of the molecule is Cc1noc(C)c1NC(=O)N(C)C[C@@H]1Oc2ccc(NC(=O)Nc3ccc4c(c3)OCO4)cc2CC(=O)N([C@@H](C)CO)C[C@H]1C. The summed E-state index contributed by atoms with van der Waals surface area (Å²) >= 11 is 0. The first-order valence-corrected chi connectivity index (χ1v) is 14.6. The maximum atomic E-state index is 13.5. The topological polar surface area (TPSA) is 168 Å². The molecule has 2 aliphatic rings. The number of aliphatic hydroxyl groups is 1. The summed E-state index contributed by atoms with van der Waals surface area (Å²) in [5.74, 6) is 1.69. The fourth-order valence-electron chi connectivity index (χ4n) is 5.21. The summed E-state index contributed by atoms with van der Waals surface area (Å²) in [6.07, 6.45) is -0.530. The molecule has 45 heavy (non-hydrogen) atoms. The number of nitrogens with one attached hydrogen (secondary N) is 3. The van der Waals surface area contributed by atoms with E-state index in [4.69, 9.17) is 18.7 Å². The van der Waals surface area contributed by atoms with Gasteiger partial charge in [-0.1, -0.05) is 12.1 Å². The Hall–Kier alpha value is -4.98. The fourth-order valence-corrected chi connectivity index (χ4v) is 5.21. The second-order valence-electron chi connectivity index (χ2n) is 11.4. The number of rotatable bonds is 7. The van der Waals surface area contributed by atoms with Gasteiger partial charge in [0.1, 0.15) is 23.2 Å². The van der Waals surface area contributed by atoms with Gasteiger partial charge in [0.05, 0.1) is 25.6 Å². The van der Waals surface area contributed by atoms with Crippen LogP contribution in [0.2, 0.25) is 0 Å². The van der Waals surface area contributed by atoms with Crippen LogP contribution in [0.15, 0.2) is 40.9 Å². The number of aliphatic hydroxyl groups excluding tert-OH is 1. The van der Waals surface area contributed by atoms with Crippen molar-refractivity contribution in [3.63, 3.8) is 0 Å². The summed E-state index contributed by atoms with van der Waals surface area (Å²) in [7, 11) is 1.65. The fraction of sp³-hybridized carbons (Fsp3) is 0.419. The Kier molecular flexibility index (Phi) is 9.32. The molecule has 4 N–H and O–H groups in total. The normalized spacial score (nSPS) is 18.1. The molecule has 0 saturated heterocycles. The van der Waals surface area contributed by atoms with E-state index in [1.165, 1.54) is 4.90 Å². The summed E-state index contributed by atoms with van der Waals surface area (Å²) in [4.78, 5) is 42.6. The molecule has 2 aromatic carbocycles. The highest BCUT2D eigenvalue weighted by Gasteiger charge is 2.32. The first kappa shape index (κ1) is 31.4. The van der Waals surface area contributed by atoms with Gasteiger partial charge in [0.15, 0.2) is 17.3 Å². The van der Waals surface area contributed by atoms with Gasteiger partial charge in [0.25, 0.3) is 0 Å². The monoisotopic (exact) mass is 622 g/mol. The lowest BCUT2D eigenvalue weighted by molar-refractivity contribution is -0.134. The van der Waals surface area contributed by atoms with Crippen molar-refractivity contribution in [2.45, 2.75) is 46.3 Å². The molecule has 0 unspecified atom stereocenters. The summed E-state index contributed by atoms with van der Waals surface area (Å²) < 4.78 is 22.3. The van der Waals surface area contributed by atoms with Gasteiger partial charge in [-0.2, -0.15) is 0 Å². The molecule has 1 aromatic heterocycles. The minimum Gasteiger partial charge on any atom is -0.488 e. The molecule has 0 radical (unpaired) electrons. The zero-order chi connectivity index (χ0) is 32.2. The van der Waals surface area contributed by atoms with E-state index in [1.54, 1.807) is 69.1 Å². The molecule has 14 nitrogen and oxygen atoms in total. The molecular formula is C31H38N6O8. The molecule has 5 amide bonds. The molecule has 0 bridgehead atoms. The van der Waals surface area contributed by atoms with Gasteiger partial charge in [0, 0.05) is 42.5 Å². The quantitative estimate of drug-likeness (QED) is 0.305. The first-order valence-electron chi connectivity index (χ1n) is 14.6. The molecule has 3 atom stereocenters. The number of aromatic nitrogens is 1. The van der Waals surface area contributed by atoms with E-state index in [2.05, 4.69) is 21.1 Å². The number of carbonyl (C=O) groups excluding carboxylic acids is 3. The third-order valence-corrected chi connectivity index (χ3v) is 7.87. The first-order chi connectivity index (χ1) is 21.5. The number of urea groups is 2. The van der Waals surface area contributed by atoms with Crippen LogP contribution in [0.5, 0.6) is 17.2 Å². The Labute approximate surface area is 260 Å². The van der Waals surface area contributed by atoms with Crippen LogP contribution in [0.25, 0.3) is 0 Å². The number of hydrogen-bond acceptors (Lipinski definition) is 9. The van der Waals surface area contributed by atoms with Gasteiger partial charge in [-0.25, -0.2) is 9.59 Å². The second kappa shape index (κ2) is 13.3. The third kappa shape index (κ3) is 7.23. The van der Waals surface area contributed by atoms with Gasteiger partial charge >= 0.3 is 12.1 Å². The van der Waals surface area contributed by atoms with Gasteiger partial charge in [-0.3, -0.25) is 4.79 Å². The van der Waals surface area contributed by atoms with E-state index in [0.717, 1.165) is 0 Å². The van der Waals surface area contributed by atoms with E-state index < -0.39 is 18.2 Å². The van der Waals surface area contributed by atoms with Crippen LogP contribution in [-0.2, 0) is 11.2 Å². The summed E-state index contributed by atoms with van der Waals surface area (Å²) in [5.41, 5.74) is 2.60. The Bertz CT molecular complexity index is 1560. The molecule has 3 heterocycles. The number of ether oxygens (including phenoxy) is 3. The van der Waals surface area contributed by atoms with Crippen molar-refractivity contribution in [3.05, 3.63) is 53.4 Å². The lowest BCUT2D eigenvalue weighted by Gasteiger charge is -2.34. The lowest BCUT2D eigenvalue weighted by atomic mass is 10.0. The predicted molar refractivity (Wildman–Crippen MR) is 165 cm³/mol. The molecular weight excluding hydrogens is 584 g/mol. The highest BCUT2D eigenvalue weighted by Crippen LogP contribution is 2.34. The molecule has 2 aliphatic heterocycles. The molecule has 0 spiro atoms. The molecule has 0 fully saturated rings. The maximum absolute atomic E-state index is 13.5.